The fourth-order valence-corrected chi connectivity index (χ4v) is 4.44. The van der Waals surface area contributed by atoms with Gasteiger partial charge in [-0.15, -0.1) is 23.7 Å². The fraction of sp³-hybridized carbons (Fsp3) is 0.643. The molecule has 0 radical (unpaired) electrons. The van der Waals surface area contributed by atoms with Gasteiger partial charge in [0.25, 0.3) is 0 Å². The molecule has 1 aromatic heterocycles. The third kappa shape index (κ3) is 2.67. The largest absolute Gasteiger partial charge is 0.351 e. The topological polar surface area (TPSA) is 55.1 Å². The van der Waals surface area contributed by atoms with Gasteiger partial charge < -0.3 is 11.1 Å². The average Bonchev–Trinajstić information content (AvgIpc) is 3.02. The SMILES string of the molecule is Cc1ccsc1CNC(=O)C1C2CCC(C2)C1N.Cl. The summed E-state index contributed by atoms with van der Waals surface area (Å²) in [6.07, 6.45) is 3.57. The van der Waals surface area contributed by atoms with Gasteiger partial charge in [-0.2, -0.15) is 0 Å². The van der Waals surface area contributed by atoms with Crippen LogP contribution in [0, 0.1) is 24.7 Å². The molecule has 3 rings (SSSR count). The lowest BCUT2D eigenvalue weighted by atomic mass is 9.84. The second-order valence-electron chi connectivity index (χ2n) is 5.68. The number of hydrogen-bond acceptors (Lipinski definition) is 3. The first-order valence-electron chi connectivity index (χ1n) is 6.73. The number of aryl methyl sites for hydroxylation is 1. The van der Waals surface area contributed by atoms with E-state index in [0.29, 0.717) is 18.4 Å². The van der Waals surface area contributed by atoms with E-state index >= 15 is 0 Å². The van der Waals surface area contributed by atoms with Crippen LogP contribution in [-0.2, 0) is 11.3 Å². The molecule has 5 heteroatoms. The van der Waals surface area contributed by atoms with Crippen molar-refractivity contribution in [2.45, 2.75) is 38.8 Å². The molecule has 2 bridgehead atoms. The number of fused-ring (bicyclic) bond motifs is 2. The highest BCUT2D eigenvalue weighted by Gasteiger charge is 2.48. The zero-order chi connectivity index (χ0) is 12.7. The Bertz CT molecular complexity index is 460. The number of nitrogens with two attached hydrogens (primary N) is 1. The van der Waals surface area contributed by atoms with Gasteiger partial charge in [0.2, 0.25) is 5.91 Å². The van der Waals surface area contributed by atoms with Gasteiger partial charge in [-0.05, 0) is 55.0 Å². The molecule has 2 aliphatic carbocycles. The molecule has 2 saturated carbocycles. The average molecular weight is 301 g/mol. The van der Waals surface area contributed by atoms with Crippen LogP contribution in [0.3, 0.4) is 0 Å². The van der Waals surface area contributed by atoms with Gasteiger partial charge in [0.1, 0.15) is 0 Å². The number of rotatable bonds is 3. The van der Waals surface area contributed by atoms with Crippen molar-refractivity contribution in [1.29, 1.82) is 0 Å². The molecule has 2 fully saturated rings. The second-order valence-corrected chi connectivity index (χ2v) is 6.68. The van der Waals surface area contributed by atoms with Gasteiger partial charge >= 0.3 is 0 Å². The van der Waals surface area contributed by atoms with Crippen LogP contribution in [0.1, 0.15) is 29.7 Å². The van der Waals surface area contributed by atoms with Crippen molar-refractivity contribution in [1.82, 2.24) is 5.32 Å². The summed E-state index contributed by atoms with van der Waals surface area (Å²) in [5, 5.41) is 5.14. The second kappa shape index (κ2) is 5.81. The van der Waals surface area contributed by atoms with Gasteiger partial charge in [-0.3, -0.25) is 4.79 Å². The van der Waals surface area contributed by atoms with E-state index in [4.69, 9.17) is 5.73 Å². The highest BCUT2D eigenvalue weighted by Crippen LogP contribution is 2.47. The maximum Gasteiger partial charge on any atom is 0.225 e. The van der Waals surface area contributed by atoms with Crippen molar-refractivity contribution in [3.05, 3.63) is 21.9 Å². The van der Waals surface area contributed by atoms with E-state index in [-0.39, 0.29) is 30.3 Å². The number of carbonyl (C=O) groups is 1. The number of halogens is 1. The van der Waals surface area contributed by atoms with Crippen molar-refractivity contribution in [2.75, 3.05) is 0 Å². The molecule has 3 N–H and O–H groups in total. The van der Waals surface area contributed by atoms with E-state index in [0.717, 1.165) is 6.42 Å². The Balaban J connectivity index is 0.00000133. The third-order valence-corrected chi connectivity index (χ3v) is 5.70. The van der Waals surface area contributed by atoms with E-state index in [1.165, 1.54) is 23.3 Å². The normalized spacial score (nSPS) is 32.1. The molecule has 4 atom stereocenters. The van der Waals surface area contributed by atoms with Crippen LogP contribution in [0.2, 0.25) is 0 Å². The predicted octanol–water partition coefficient (Wildman–Crippen LogP) is 2.47. The van der Waals surface area contributed by atoms with Gasteiger partial charge in [0.15, 0.2) is 0 Å². The first-order valence-corrected chi connectivity index (χ1v) is 7.61. The molecule has 0 aliphatic heterocycles. The van der Waals surface area contributed by atoms with Crippen molar-refractivity contribution >= 4 is 29.7 Å². The van der Waals surface area contributed by atoms with E-state index in [2.05, 4.69) is 23.7 Å². The zero-order valence-corrected chi connectivity index (χ0v) is 12.7. The highest BCUT2D eigenvalue weighted by molar-refractivity contribution is 7.10. The van der Waals surface area contributed by atoms with E-state index in [9.17, 15) is 4.79 Å². The van der Waals surface area contributed by atoms with E-state index in [1.54, 1.807) is 11.3 Å². The summed E-state index contributed by atoms with van der Waals surface area (Å²) in [6, 6.07) is 2.18. The zero-order valence-electron chi connectivity index (χ0n) is 11.1. The van der Waals surface area contributed by atoms with Crippen LogP contribution in [0.15, 0.2) is 11.4 Å². The Morgan fingerprint density at radius 1 is 1.47 bits per heavy atom. The van der Waals surface area contributed by atoms with Gasteiger partial charge in [-0.25, -0.2) is 0 Å². The summed E-state index contributed by atoms with van der Waals surface area (Å²) in [4.78, 5) is 13.5. The maximum absolute atomic E-state index is 12.3. The summed E-state index contributed by atoms with van der Waals surface area (Å²) >= 11 is 1.70. The predicted molar refractivity (Wildman–Crippen MR) is 80.4 cm³/mol. The molecule has 1 heterocycles. The summed E-state index contributed by atoms with van der Waals surface area (Å²) in [5.41, 5.74) is 7.45. The lowest BCUT2D eigenvalue weighted by molar-refractivity contribution is -0.127. The molecular formula is C14H21ClN2OS. The number of nitrogens with one attached hydrogen (secondary N) is 1. The van der Waals surface area contributed by atoms with Crippen molar-refractivity contribution in [3.63, 3.8) is 0 Å². The maximum atomic E-state index is 12.3. The Hall–Kier alpha value is -0.580. The number of amides is 1. The van der Waals surface area contributed by atoms with Crippen LogP contribution >= 0.6 is 23.7 Å². The van der Waals surface area contributed by atoms with Crippen LogP contribution in [0.5, 0.6) is 0 Å². The minimum absolute atomic E-state index is 0. The molecule has 106 valence electrons. The standard InChI is InChI=1S/C14H20N2OS.ClH/c1-8-4-5-18-11(8)7-16-14(17)12-9-2-3-10(6-9)13(12)15;/h4-5,9-10,12-13H,2-3,6-7,15H2,1H3,(H,16,17);1H. The first-order chi connectivity index (χ1) is 8.66. The number of carbonyl (C=O) groups excluding carboxylic acids is 1. The molecule has 0 aromatic carbocycles. The van der Waals surface area contributed by atoms with Gasteiger partial charge in [-0.1, -0.05) is 0 Å². The van der Waals surface area contributed by atoms with Crippen LogP contribution in [0.4, 0.5) is 0 Å². The molecule has 1 amide bonds. The fourth-order valence-electron chi connectivity index (χ4n) is 3.60. The molecule has 2 aliphatic rings. The minimum Gasteiger partial charge on any atom is -0.351 e. The Morgan fingerprint density at radius 2 is 2.21 bits per heavy atom. The number of hydrogen-bond donors (Lipinski definition) is 2. The van der Waals surface area contributed by atoms with Crippen LogP contribution < -0.4 is 11.1 Å². The molecule has 19 heavy (non-hydrogen) atoms. The molecule has 0 spiro atoms. The summed E-state index contributed by atoms with van der Waals surface area (Å²) in [5.74, 6) is 1.36. The monoisotopic (exact) mass is 300 g/mol. The number of thiophene rings is 1. The van der Waals surface area contributed by atoms with Crippen LogP contribution in [-0.4, -0.2) is 11.9 Å². The third-order valence-electron chi connectivity index (χ3n) is 4.67. The summed E-state index contributed by atoms with van der Waals surface area (Å²) < 4.78 is 0. The van der Waals surface area contributed by atoms with Crippen LogP contribution in [0.25, 0.3) is 0 Å². The molecule has 1 aromatic rings. The molecule has 3 nitrogen and oxygen atoms in total. The van der Waals surface area contributed by atoms with Crippen molar-refractivity contribution in [2.24, 2.45) is 23.5 Å². The summed E-state index contributed by atoms with van der Waals surface area (Å²) in [6.45, 7) is 2.74. The Labute approximate surface area is 124 Å². The van der Waals surface area contributed by atoms with E-state index < -0.39 is 0 Å². The lowest BCUT2D eigenvalue weighted by Gasteiger charge is -2.26. The summed E-state index contributed by atoms with van der Waals surface area (Å²) in [7, 11) is 0. The Kier molecular flexibility index (Phi) is 4.54. The van der Waals surface area contributed by atoms with Gasteiger partial charge in [0, 0.05) is 10.9 Å². The first kappa shape index (κ1) is 14.8. The molecule has 4 unspecified atom stereocenters. The van der Waals surface area contributed by atoms with E-state index in [1.807, 2.05) is 0 Å². The van der Waals surface area contributed by atoms with Gasteiger partial charge in [0.05, 0.1) is 12.5 Å². The molecular weight excluding hydrogens is 280 g/mol. The van der Waals surface area contributed by atoms with Crippen molar-refractivity contribution < 1.29 is 4.79 Å². The Morgan fingerprint density at radius 3 is 2.79 bits per heavy atom. The molecule has 0 saturated heterocycles. The lowest BCUT2D eigenvalue weighted by Crippen LogP contribution is -2.45. The van der Waals surface area contributed by atoms with Crippen molar-refractivity contribution in [3.8, 4) is 0 Å². The highest BCUT2D eigenvalue weighted by atomic mass is 35.5. The quantitative estimate of drug-likeness (QED) is 0.901. The minimum atomic E-state index is 0. The smallest absolute Gasteiger partial charge is 0.225 e.